The summed E-state index contributed by atoms with van der Waals surface area (Å²) in [4.78, 5) is 28.8. The van der Waals surface area contributed by atoms with Gasteiger partial charge in [0.25, 0.3) is 0 Å². The number of carbonyl (C=O) groups excluding carboxylic acids is 2. The van der Waals surface area contributed by atoms with Gasteiger partial charge in [0, 0.05) is 43.6 Å². The van der Waals surface area contributed by atoms with Crippen molar-refractivity contribution in [2.24, 2.45) is 0 Å². The predicted octanol–water partition coefficient (Wildman–Crippen LogP) is 23.9. The van der Waals surface area contributed by atoms with Crippen LogP contribution in [0.3, 0.4) is 0 Å². The lowest BCUT2D eigenvalue weighted by atomic mass is 9.89. The van der Waals surface area contributed by atoms with Crippen LogP contribution in [0.25, 0.3) is 217 Å². The number of benzene rings is 20. The summed E-state index contributed by atoms with van der Waals surface area (Å²) in [6.45, 7) is -0.285. The Morgan fingerprint density at radius 2 is 0.430 bits per heavy atom. The first kappa shape index (κ1) is 55.3. The van der Waals surface area contributed by atoms with Crippen LogP contribution >= 0.6 is 0 Å². The Bertz CT molecular complexity index is 6370. The number of rotatable bonds is 11. The van der Waals surface area contributed by atoms with Gasteiger partial charge >= 0.3 is 11.9 Å². The van der Waals surface area contributed by atoms with Crippen LogP contribution in [-0.4, -0.2) is 34.3 Å². The van der Waals surface area contributed by atoms with Gasteiger partial charge in [0.15, 0.2) is 0 Å². The number of nitrogens with zero attached hydrogens (tertiary/aromatic N) is 2. The van der Waals surface area contributed by atoms with Crippen LogP contribution in [0, 0.1) is 0 Å². The lowest BCUT2D eigenvalue weighted by Gasteiger charge is -2.14. The Labute approximate surface area is 571 Å². The Kier molecular flexibility index (Phi) is 11.5. The SMILES string of the molecule is O=C(Cn1c2ccc(-c3ccc4ccc5cccc6ccc3c4c56)cc2c2cc(-c3ccc4ccc5cccc6ccc3c4c56)ccc21)OCCOC(=O)Cn1c2ccc(-c3ccc4ccc5cccc6ccc3c4c56)cc2c2cc(-c3ccc4ccc5cccc6ccc3c4c56)ccc21. The third kappa shape index (κ3) is 8.01. The van der Waals surface area contributed by atoms with Gasteiger partial charge in [0.05, 0.1) is 0 Å². The molecule has 20 aromatic carbocycles. The summed E-state index contributed by atoms with van der Waals surface area (Å²) in [6, 6.07) is 107. The minimum atomic E-state index is -0.426. The van der Waals surface area contributed by atoms with E-state index in [9.17, 15) is 9.59 Å². The van der Waals surface area contributed by atoms with Crippen molar-refractivity contribution < 1.29 is 19.1 Å². The molecule has 0 saturated carbocycles. The third-order valence-corrected chi connectivity index (χ3v) is 22.3. The highest BCUT2D eigenvalue weighted by molar-refractivity contribution is 6.30. The first-order valence-corrected chi connectivity index (χ1v) is 34.5. The number of carbonyl (C=O) groups is 2. The molecule has 100 heavy (non-hydrogen) atoms. The van der Waals surface area contributed by atoms with E-state index in [1.807, 2.05) is 0 Å². The Balaban J connectivity index is 0.591. The maximum atomic E-state index is 14.4. The molecule has 466 valence electrons. The van der Waals surface area contributed by atoms with Gasteiger partial charge < -0.3 is 18.6 Å². The van der Waals surface area contributed by atoms with Crippen LogP contribution in [0.15, 0.2) is 291 Å². The molecule has 6 nitrogen and oxygen atoms in total. The highest BCUT2D eigenvalue weighted by Crippen LogP contribution is 2.47. The van der Waals surface area contributed by atoms with E-state index in [2.05, 4.69) is 300 Å². The van der Waals surface area contributed by atoms with Crippen LogP contribution in [0.4, 0.5) is 0 Å². The molecule has 0 unspecified atom stereocenters. The Morgan fingerprint density at radius 1 is 0.220 bits per heavy atom. The fraction of sp³-hybridized carbons (Fsp3) is 0.0426. The molecular weight excluding hydrogens is 1220 g/mol. The van der Waals surface area contributed by atoms with Gasteiger partial charge in [0.1, 0.15) is 26.3 Å². The number of hydrogen-bond donors (Lipinski definition) is 0. The van der Waals surface area contributed by atoms with E-state index in [4.69, 9.17) is 9.47 Å². The Morgan fingerprint density at radius 3 is 0.670 bits per heavy atom. The number of esters is 2. The molecule has 2 heterocycles. The fourth-order valence-corrected chi connectivity index (χ4v) is 17.8. The van der Waals surface area contributed by atoms with E-state index in [0.29, 0.717) is 0 Å². The highest BCUT2D eigenvalue weighted by atomic mass is 16.6. The van der Waals surface area contributed by atoms with Gasteiger partial charge in [0.2, 0.25) is 0 Å². The Hall–Kier alpha value is -12.9. The van der Waals surface area contributed by atoms with E-state index in [-0.39, 0.29) is 26.3 Å². The largest absolute Gasteiger partial charge is 0.461 e. The minimum absolute atomic E-state index is 0.0430. The molecule has 0 amide bonds. The van der Waals surface area contributed by atoms with Crippen LogP contribution in [0.2, 0.25) is 0 Å². The lowest BCUT2D eigenvalue weighted by molar-refractivity contribution is -0.152. The molecule has 0 aliphatic rings. The average Bonchev–Trinajstić information content (AvgIpc) is 1.11. The molecule has 0 radical (unpaired) electrons. The average molecular weight is 1280 g/mol. The number of ether oxygens (including phenoxy) is 2. The second-order valence-corrected chi connectivity index (χ2v) is 27.4. The molecule has 22 rings (SSSR count). The van der Waals surface area contributed by atoms with Gasteiger partial charge in [-0.05, 0) is 222 Å². The normalized spacial score (nSPS) is 12.4. The molecule has 0 aliphatic carbocycles. The first-order valence-electron chi connectivity index (χ1n) is 34.5. The van der Waals surface area contributed by atoms with Crippen molar-refractivity contribution in [1.82, 2.24) is 9.13 Å². The summed E-state index contributed by atoms with van der Waals surface area (Å²) < 4.78 is 16.2. The van der Waals surface area contributed by atoms with Crippen molar-refractivity contribution in [2.75, 3.05) is 13.2 Å². The molecule has 2 aromatic heterocycles. The lowest BCUT2D eigenvalue weighted by Crippen LogP contribution is -2.19. The van der Waals surface area contributed by atoms with E-state index in [1.165, 1.54) is 129 Å². The van der Waals surface area contributed by atoms with Crippen LogP contribution in [0.1, 0.15) is 0 Å². The van der Waals surface area contributed by atoms with Crippen LogP contribution < -0.4 is 0 Å². The van der Waals surface area contributed by atoms with Gasteiger partial charge in [-0.2, -0.15) is 0 Å². The van der Waals surface area contributed by atoms with Gasteiger partial charge in [-0.25, -0.2) is 0 Å². The van der Waals surface area contributed by atoms with Gasteiger partial charge in [-0.1, -0.05) is 243 Å². The summed E-state index contributed by atoms with van der Waals surface area (Å²) in [5.41, 5.74) is 12.7. The van der Waals surface area contributed by atoms with Crippen molar-refractivity contribution >= 4 is 185 Å². The summed E-state index contributed by atoms with van der Waals surface area (Å²) >= 11 is 0. The molecule has 0 atom stereocenters. The molecule has 0 spiro atoms. The van der Waals surface area contributed by atoms with Gasteiger partial charge in [-0.15, -0.1) is 0 Å². The predicted molar refractivity (Wildman–Crippen MR) is 417 cm³/mol. The second-order valence-electron chi connectivity index (χ2n) is 27.4. The summed E-state index contributed by atoms with van der Waals surface area (Å²) in [5.74, 6) is -0.852. The maximum Gasteiger partial charge on any atom is 0.326 e. The van der Waals surface area contributed by atoms with Crippen molar-refractivity contribution in [3.63, 3.8) is 0 Å². The van der Waals surface area contributed by atoms with E-state index >= 15 is 0 Å². The second kappa shape index (κ2) is 20.8. The van der Waals surface area contributed by atoms with Crippen LogP contribution in [-0.2, 0) is 32.2 Å². The molecule has 0 bridgehead atoms. The zero-order chi connectivity index (χ0) is 65.6. The molecule has 22 aromatic rings. The third-order valence-electron chi connectivity index (χ3n) is 22.3. The number of aromatic nitrogens is 2. The van der Waals surface area contributed by atoms with Crippen molar-refractivity contribution in [3.8, 4) is 44.5 Å². The molecule has 6 heteroatoms. The van der Waals surface area contributed by atoms with E-state index in [0.717, 1.165) is 88.1 Å². The molecular formula is C94H56N2O4. The zero-order valence-electron chi connectivity index (χ0n) is 54.1. The first-order chi connectivity index (χ1) is 49.4. The molecule has 0 saturated heterocycles. The van der Waals surface area contributed by atoms with Crippen LogP contribution in [0.5, 0.6) is 0 Å². The zero-order valence-corrected chi connectivity index (χ0v) is 54.1. The monoisotopic (exact) mass is 1280 g/mol. The van der Waals surface area contributed by atoms with E-state index < -0.39 is 11.9 Å². The smallest absolute Gasteiger partial charge is 0.326 e. The van der Waals surface area contributed by atoms with Gasteiger partial charge in [-0.3, -0.25) is 9.59 Å². The molecule has 0 aliphatic heterocycles. The molecule has 0 fully saturated rings. The summed E-state index contributed by atoms with van der Waals surface area (Å²) in [5, 5.41) is 33.9. The maximum absolute atomic E-state index is 14.4. The summed E-state index contributed by atoms with van der Waals surface area (Å²) in [6.07, 6.45) is 0. The van der Waals surface area contributed by atoms with Crippen molar-refractivity contribution in [2.45, 2.75) is 13.1 Å². The number of hydrogen-bond acceptors (Lipinski definition) is 4. The minimum Gasteiger partial charge on any atom is -0.461 e. The number of fused-ring (bicyclic) bond motifs is 6. The highest BCUT2D eigenvalue weighted by Gasteiger charge is 2.23. The topological polar surface area (TPSA) is 62.5 Å². The van der Waals surface area contributed by atoms with Crippen molar-refractivity contribution in [3.05, 3.63) is 291 Å². The summed E-state index contributed by atoms with van der Waals surface area (Å²) in [7, 11) is 0. The standard InChI is InChI=1S/C94H56N2O4/c97-85(51-95-81-41-29-65(69-33-21-61-17-13-53-5-1-9-57-25-37-73(69)91(61)87(53)57)47-77(81)78-48-66(30-42-82(78)95)70-34-22-62-18-14-54-6-2-10-58-26-38-74(70)92(62)88(54)58)99-45-46-100-86(98)52-96-83-43-31-67(71-35-23-63-19-15-55-7-3-11-59-27-39-75(71)93(63)89(55)59)49-79(83)80-50-68(32-44-84(80)96)72-36-24-64-20-16-56-8-4-12-60-28-40-76(72)94(64)90(56)60/h1-44,47-50H,45-46,51-52H2. The fourth-order valence-electron chi connectivity index (χ4n) is 17.8. The molecule has 0 N–H and O–H groups in total. The van der Waals surface area contributed by atoms with E-state index in [1.54, 1.807) is 0 Å². The quantitative estimate of drug-likeness (QED) is 0.0735. The van der Waals surface area contributed by atoms with Crippen molar-refractivity contribution in [1.29, 1.82) is 0 Å².